The van der Waals surface area contributed by atoms with Crippen LogP contribution in [0.5, 0.6) is 0 Å². The standard InChI is InChI=1S/C25H26ClNO3/c1-15-8-17(3)21(22(26)10-15)11-23(28)27-20-6-4-18(5-7-20)13-25-12-16(2)9-19(25)14-30-24(25)29/h4-8,10,19H,2,9,11-14H2,1,3H3,(H,27,28). The lowest BCUT2D eigenvalue weighted by Crippen LogP contribution is -2.31. The van der Waals surface area contributed by atoms with E-state index in [9.17, 15) is 9.59 Å². The van der Waals surface area contributed by atoms with Gasteiger partial charge in [0.25, 0.3) is 0 Å². The van der Waals surface area contributed by atoms with Crippen molar-refractivity contribution >= 4 is 29.2 Å². The molecule has 1 saturated carbocycles. The van der Waals surface area contributed by atoms with E-state index in [-0.39, 0.29) is 24.2 Å². The Labute approximate surface area is 182 Å². The van der Waals surface area contributed by atoms with E-state index in [4.69, 9.17) is 16.3 Å². The first-order valence-corrected chi connectivity index (χ1v) is 10.6. The molecule has 2 atom stereocenters. The van der Waals surface area contributed by atoms with E-state index in [0.717, 1.165) is 39.9 Å². The van der Waals surface area contributed by atoms with Crippen molar-refractivity contribution in [3.05, 3.63) is 75.8 Å². The number of hydrogen-bond acceptors (Lipinski definition) is 3. The van der Waals surface area contributed by atoms with Crippen molar-refractivity contribution in [2.45, 2.75) is 39.5 Å². The Morgan fingerprint density at radius 1 is 1.27 bits per heavy atom. The zero-order chi connectivity index (χ0) is 21.5. The van der Waals surface area contributed by atoms with Crippen LogP contribution >= 0.6 is 11.6 Å². The van der Waals surface area contributed by atoms with Crippen LogP contribution in [0.2, 0.25) is 5.02 Å². The third-order valence-corrected chi connectivity index (χ3v) is 6.70. The third-order valence-electron chi connectivity index (χ3n) is 6.36. The molecule has 1 amide bonds. The summed E-state index contributed by atoms with van der Waals surface area (Å²) in [5.74, 6) is 0.00924. The predicted molar refractivity (Wildman–Crippen MR) is 119 cm³/mol. The van der Waals surface area contributed by atoms with Gasteiger partial charge in [-0.2, -0.15) is 0 Å². The Kier molecular flexibility index (Phi) is 5.46. The second-order valence-corrected chi connectivity index (χ2v) is 9.13. The Morgan fingerprint density at radius 3 is 2.70 bits per heavy atom. The molecule has 2 aliphatic rings. The van der Waals surface area contributed by atoms with Crippen LogP contribution < -0.4 is 5.32 Å². The summed E-state index contributed by atoms with van der Waals surface area (Å²) in [4.78, 5) is 25.0. The second-order valence-electron chi connectivity index (χ2n) is 8.72. The molecule has 30 heavy (non-hydrogen) atoms. The number of aryl methyl sites for hydroxylation is 2. The number of hydrogen-bond donors (Lipinski definition) is 1. The maximum atomic E-state index is 12.5. The number of halogens is 1. The van der Waals surface area contributed by atoms with E-state index in [2.05, 4.69) is 11.9 Å². The van der Waals surface area contributed by atoms with Gasteiger partial charge in [-0.25, -0.2) is 0 Å². The number of rotatable bonds is 5. The summed E-state index contributed by atoms with van der Waals surface area (Å²) in [5.41, 5.74) is 5.39. The third kappa shape index (κ3) is 3.89. The van der Waals surface area contributed by atoms with Gasteiger partial charge in [-0.3, -0.25) is 9.59 Å². The van der Waals surface area contributed by atoms with Crippen molar-refractivity contribution in [2.24, 2.45) is 11.3 Å². The Morgan fingerprint density at radius 2 is 2.00 bits per heavy atom. The summed E-state index contributed by atoms with van der Waals surface area (Å²) in [7, 11) is 0. The topological polar surface area (TPSA) is 55.4 Å². The van der Waals surface area contributed by atoms with Crippen molar-refractivity contribution in [2.75, 3.05) is 11.9 Å². The van der Waals surface area contributed by atoms with Crippen LogP contribution in [0.4, 0.5) is 5.69 Å². The second kappa shape index (κ2) is 7.92. The molecular weight excluding hydrogens is 398 g/mol. The first-order chi connectivity index (χ1) is 14.3. The summed E-state index contributed by atoms with van der Waals surface area (Å²) >= 11 is 6.33. The lowest BCUT2D eigenvalue weighted by Gasteiger charge is -2.24. The minimum atomic E-state index is -0.471. The quantitative estimate of drug-likeness (QED) is 0.531. The zero-order valence-electron chi connectivity index (χ0n) is 17.4. The van der Waals surface area contributed by atoms with Crippen molar-refractivity contribution in [1.82, 2.24) is 0 Å². The van der Waals surface area contributed by atoms with E-state index in [1.165, 1.54) is 0 Å². The summed E-state index contributed by atoms with van der Waals surface area (Å²) in [6, 6.07) is 11.6. The Hall–Kier alpha value is -2.59. The molecule has 4 nitrogen and oxygen atoms in total. The van der Waals surface area contributed by atoms with Gasteiger partial charge in [0.15, 0.2) is 0 Å². The molecule has 4 rings (SSSR count). The highest BCUT2D eigenvalue weighted by molar-refractivity contribution is 6.31. The fourth-order valence-corrected chi connectivity index (χ4v) is 5.26. The zero-order valence-corrected chi connectivity index (χ0v) is 18.1. The predicted octanol–water partition coefficient (Wildman–Crippen LogP) is 5.19. The number of ether oxygens (including phenoxy) is 1. The molecule has 2 aromatic carbocycles. The van der Waals surface area contributed by atoms with Crippen molar-refractivity contribution in [3.8, 4) is 0 Å². The van der Waals surface area contributed by atoms with Crippen LogP contribution in [0.3, 0.4) is 0 Å². The van der Waals surface area contributed by atoms with Crippen molar-refractivity contribution in [3.63, 3.8) is 0 Å². The molecule has 5 heteroatoms. The number of allylic oxidation sites excluding steroid dienone is 1. The molecule has 2 fully saturated rings. The molecule has 2 unspecified atom stereocenters. The average Bonchev–Trinajstić information content (AvgIpc) is 3.14. The van der Waals surface area contributed by atoms with Crippen LogP contribution in [0.25, 0.3) is 0 Å². The molecule has 1 N–H and O–H groups in total. The largest absolute Gasteiger partial charge is 0.465 e. The molecule has 2 aromatic rings. The first-order valence-electron chi connectivity index (χ1n) is 10.2. The van der Waals surface area contributed by atoms with Crippen molar-refractivity contribution < 1.29 is 14.3 Å². The maximum absolute atomic E-state index is 12.5. The lowest BCUT2D eigenvalue weighted by molar-refractivity contribution is -0.146. The number of carbonyl (C=O) groups excluding carboxylic acids is 2. The summed E-state index contributed by atoms with van der Waals surface area (Å²) in [6.45, 7) is 8.54. The van der Waals surface area contributed by atoms with E-state index in [1.807, 2.05) is 50.2 Å². The summed E-state index contributed by atoms with van der Waals surface area (Å²) in [6.07, 6.45) is 2.43. The van der Waals surface area contributed by atoms with E-state index >= 15 is 0 Å². The molecular formula is C25H26ClNO3. The number of anilines is 1. The van der Waals surface area contributed by atoms with Crippen molar-refractivity contribution in [1.29, 1.82) is 0 Å². The fourth-order valence-electron chi connectivity index (χ4n) is 4.87. The maximum Gasteiger partial charge on any atom is 0.313 e. The highest BCUT2D eigenvalue weighted by atomic mass is 35.5. The average molecular weight is 424 g/mol. The van der Waals surface area contributed by atoms with Gasteiger partial charge in [-0.15, -0.1) is 0 Å². The number of benzene rings is 2. The van der Waals surface area contributed by atoms with Crippen LogP contribution in [0, 0.1) is 25.2 Å². The molecule has 0 bridgehead atoms. The SMILES string of the molecule is C=C1CC2COC(=O)C2(Cc2ccc(NC(=O)Cc3c(C)cc(C)cc3Cl)cc2)C1. The van der Waals surface area contributed by atoms with E-state index in [0.29, 0.717) is 24.5 Å². The molecule has 1 aliphatic carbocycles. The van der Waals surface area contributed by atoms with E-state index < -0.39 is 5.41 Å². The first kappa shape index (κ1) is 20.7. The molecule has 0 radical (unpaired) electrons. The summed E-state index contributed by atoms with van der Waals surface area (Å²) in [5, 5.41) is 3.56. The number of fused-ring (bicyclic) bond motifs is 1. The Bertz CT molecular complexity index is 1000. The number of carbonyl (C=O) groups is 2. The molecule has 1 aliphatic heterocycles. The lowest BCUT2D eigenvalue weighted by atomic mass is 9.75. The molecule has 1 heterocycles. The number of cyclic esters (lactones) is 1. The highest BCUT2D eigenvalue weighted by Gasteiger charge is 2.55. The molecule has 0 aromatic heterocycles. The van der Waals surface area contributed by atoms with Gasteiger partial charge in [-0.1, -0.05) is 42.0 Å². The van der Waals surface area contributed by atoms with Gasteiger partial charge >= 0.3 is 5.97 Å². The number of amides is 1. The Balaban J connectivity index is 1.42. The minimum absolute atomic E-state index is 0.103. The van der Waals surface area contributed by atoms with Crippen LogP contribution in [-0.4, -0.2) is 18.5 Å². The minimum Gasteiger partial charge on any atom is -0.465 e. The van der Waals surface area contributed by atoms with Gasteiger partial charge in [0.05, 0.1) is 18.4 Å². The fraction of sp³-hybridized carbons (Fsp3) is 0.360. The number of nitrogens with one attached hydrogen (secondary N) is 1. The molecule has 1 saturated heterocycles. The van der Waals surface area contributed by atoms with Gasteiger partial charge in [0.2, 0.25) is 5.91 Å². The van der Waals surface area contributed by atoms with Crippen LogP contribution in [-0.2, 0) is 27.2 Å². The highest BCUT2D eigenvalue weighted by Crippen LogP contribution is 2.52. The van der Waals surface area contributed by atoms with Gasteiger partial charge < -0.3 is 10.1 Å². The van der Waals surface area contributed by atoms with Gasteiger partial charge in [0.1, 0.15) is 0 Å². The van der Waals surface area contributed by atoms with Gasteiger partial charge in [0, 0.05) is 16.6 Å². The van der Waals surface area contributed by atoms with E-state index in [1.54, 1.807) is 0 Å². The molecule has 0 spiro atoms. The molecule has 156 valence electrons. The van der Waals surface area contributed by atoms with Crippen LogP contribution in [0.15, 0.2) is 48.6 Å². The summed E-state index contributed by atoms with van der Waals surface area (Å²) < 4.78 is 5.36. The van der Waals surface area contributed by atoms with Crippen LogP contribution in [0.1, 0.15) is 35.1 Å². The smallest absolute Gasteiger partial charge is 0.313 e. The number of esters is 1. The van der Waals surface area contributed by atoms with Gasteiger partial charge in [-0.05, 0) is 73.6 Å². The normalized spacial score (nSPS) is 22.7. The monoisotopic (exact) mass is 423 g/mol.